The number of rotatable bonds is 3. The van der Waals surface area contributed by atoms with Crippen molar-refractivity contribution in [3.8, 4) is 11.3 Å². The van der Waals surface area contributed by atoms with Gasteiger partial charge in [-0.3, -0.25) is 14.7 Å². The van der Waals surface area contributed by atoms with Crippen molar-refractivity contribution in [2.45, 2.75) is 45.7 Å². The Morgan fingerprint density at radius 2 is 2.15 bits per heavy atom. The lowest BCUT2D eigenvalue weighted by molar-refractivity contribution is 0.241. The first-order valence-corrected chi connectivity index (χ1v) is 10.2. The van der Waals surface area contributed by atoms with E-state index in [9.17, 15) is 4.79 Å². The van der Waals surface area contributed by atoms with Gasteiger partial charge in [0, 0.05) is 48.6 Å². The van der Waals surface area contributed by atoms with Crippen LogP contribution in [0.1, 0.15) is 43.4 Å². The van der Waals surface area contributed by atoms with Gasteiger partial charge in [0.2, 0.25) is 0 Å². The number of thiophene rings is 1. The third-order valence-corrected chi connectivity index (χ3v) is 5.62. The Morgan fingerprint density at radius 3 is 2.89 bits per heavy atom. The average Bonchev–Trinajstić information content (AvgIpc) is 3.16. The van der Waals surface area contributed by atoms with Crippen molar-refractivity contribution in [1.29, 1.82) is 0 Å². The molecule has 1 N–H and O–H groups in total. The van der Waals surface area contributed by atoms with Crippen LogP contribution < -0.4 is 5.56 Å². The molecule has 3 aromatic heterocycles. The molecule has 3 aromatic rings. The molecule has 0 bridgehead atoms. The predicted octanol–water partition coefficient (Wildman–Crippen LogP) is 3.75. The van der Waals surface area contributed by atoms with E-state index in [0.29, 0.717) is 6.54 Å². The number of aromatic amines is 1. The number of nitrogens with zero attached hydrogens (tertiary/aromatic N) is 3. The topological polar surface area (TPSA) is 61.9 Å². The second-order valence-corrected chi connectivity index (χ2v) is 8.85. The molecule has 0 radical (unpaired) electrons. The highest BCUT2D eigenvalue weighted by Crippen LogP contribution is 2.26. The lowest BCUT2D eigenvalue weighted by Crippen LogP contribution is -2.37. The molecule has 27 heavy (non-hydrogen) atoms. The second kappa shape index (κ2) is 7.02. The van der Waals surface area contributed by atoms with Crippen LogP contribution in [-0.2, 0) is 24.9 Å². The minimum atomic E-state index is -0.156. The van der Waals surface area contributed by atoms with Crippen LogP contribution in [0.4, 0.5) is 0 Å². The van der Waals surface area contributed by atoms with Crippen LogP contribution in [0.2, 0.25) is 0 Å². The molecule has 0 unspecified atom stereocenters. The molecule has 140 valence electrons. The zero-order valence-corrected chi connectivity index (χ0v) is 16.8. The second-order valence-electron chi connectivity index (χ2n) is 8.07. The number of pyridine rings is 1. The van der Waals surface area contributed by atoms with Crippen LogP contribution >= 0.6 is 11.3 Å². The average molecular weight is 381 g/mol. The van der Waals surface area contributed by atoms with Gasteiger partial charge in [0.1, 0.15) is 5.82 Å². The highest BCUT2D eigenvalue weighted by atomic mass is 32.1. The number of hydrogen-bond acceptors (Lipinski definition) is 5. The summed E-state index contributed by atoms with van der Waals surface area (Å²) < 4.78 is 0. The van der Waals surface area contributed by atoms with Gasteiger partial charge in [-0.25, -0.2) is 4.98 Å². The zero-order valence-electron chi connectivity index (χ0n) is 16.0. The predicted molar refractivity (Wildman–Crippen MR) is 109 cm³/mol. The van der Waals surface area contributed by atoms with E-state index in [0.717, 1.165) is 47.8 Å². The molecule has 0 spiro atoms. The molecule has 0 amide bonds. The third kappa shape index (κ3) is 3.73. The Morgan fingerprint density at radius 1 is 1.30 bits per heavy atom. The molecule has 4 heterocycles. The number of hydrogen-bond donors (Lipinski definition) is 1. The van der Waals surface area contributed by atoms with Gasteiger partial charge in [-0.2, -0.15) is 11.3 Å². The molecule has 0 atom stereocenters. The van der Waals surface area contributed by atoms with Gasteiger partial charge in [0.05, 0.1) is 17.0 Å². The molecule has 0 saturated carbocycles. The van der Waals surface area contributed by atoms with Gasteiger partial charge in [0.15, 0.2) is 0 Å². The number of H-pyrrole nitrogens is 1. The molecule has 0 aromatic carbocycles. The Bertz CT molecular complexity index is 1000. The van der Waals surface area contributed by atoms with Crippen molar-refractivity contribution in [3.63, 3.8) is 0 Å². The van der Waals surface area contributed by atoms with E-state index >= 15 is 0 Å². The van der Waals surface area contributed by atoms with Gasteiger partial charge in [-0.05, 0) is 23.1 Å². The fourth-order valence-electron chi connectivity index (χ4n) is 3.44. The summed E-state index contributed by atoms with van der Waals surface area (Å²) in [5.41, 5.74) is 4.96. The summed E-state index contributed by atoms with van der Waals surface area (Å²) in [4.78, 5) is 27.3. The third-order valence-electron chi connectivity index (χ3n) is 4.94. The van der Waals surface area contributed by atoms with Crippen molar-refractivity contribution in [3.05, 3.63) is 68.2 Å². The maximum Gasteiger partial charge on any atom is 0.255 e. The smallest absolute Gasteiger partial charge is 0.255 e. The molecule has 0 fully saturated rings. The Kier molecular flexibility index (Phi) is 4.70. The Balaban J connectivity index is 1.59. The maximum atomic E-state index is 12.6. The van der Waals surface area contributed by atoms with E-state index in [-0.39, 0.29) is 11.0 Å². The minimum Gasteiger partial charge on any atom is -0.310 e. The highest BCUT2D eigenvalue weighted by molar-refractivity contribution is 7.08. The molecule has 1 aliphatic heterocycles. The van der Waals surface area contributed by atoms with Crippen LogP contribution in [0, 0.1) is 0 Å². The zero-order chi connectivity index (χ0) is 19.0. The van der Waals surface area contributed by atoms with E-state index in [2.05, 4.69) is 58.5 Å². The number of aromatic nitrogens is 3. The van der Waals surface area contributed by atoms with Crippen molar-refractivity contribution in [1.82, 2.24) is 19.9 Å². The van der Waals surface area contributed by atoms with Crippen LogP contribution in [-0.4, -0.2) is 26.4 Å². The highest BCUT2D eigenvalue weighted by Gasteiger charge is 2.25. The summed E-state index contributed by atoms with van der Waals surface area (Å²) >= 11 is 1.68. The van der Waals surface area contributed by atoms with Crippen molar-refractivity contribution < 1.29 is 0 Å². The largest absolute Gasteiger partial charge is 0.310 e. The molecular weight excluding hydrogens is 356 g/mol. The molecule has 0 aliphatic carbocycles. The molecule has 0 saturated heterocycles. The normalized spacial score (nSPS) is 14.9. The van der Waals surface area contributed by atoms with Crippen LogP contribution in [0.25, 0.3) is 11.3 Å². The van der Waals surface area contributed by atoms with E-state index in [1.165, 1.54) is 5.56 Å². The summed E-state index contributed by atoms with van der Waals surface area (Å²) in [5, 5.41) is 4.20. The SMILES string of the molecule is CC(C)(C)c1nc2c(c(=O)[nH]1)CN(Cc1cccnc1-c1ccsc1)CC2. The lowest BCUT2D eigenvalue weighted by Gasteiger charge is -2.29. The summed E-state index contributed by atoms with van der Waals surface area (Å²) in [7, 11) is 0. The van der Waals surface area contributed by atoms with E-state index < -0.39 is 0 Å². The summed E-state index contributed by atoms with van der Waals surface area (Å²) in [6, 6.07) is 6.21. The Hall–Kier alpha value is -2.31. The van der Waals surface area contributed by atoms with Crippen LogP contribution in [0.3, 0.4) is 0 Å². The van der Waals surface area contributed by atoms with Crippen molar-refractivity contribution in [2.24, 2.45) is 0 Å². The summed E-state index contributed by atoms with van der Waals surface area (Å²) in [6.45, 7) is 8.51. The first-order valence-electron chi connectivity index (χ1n) is 9.23. The van der Waals surface area contributed by atoms with Crippen molar-refractivity contribution in [2.75, 3.05) is 6.54 Å². The fraction of sp³-hybridized carbons (Fsp3) is 0.381. The summed E-state index contributed by atoms with van der Waals surface area (Å²) in [5.74, 6) is 0.770. The molecule has 1 aliphatic rings. The first-order chi connectivity index (χ1) is 12.9. The van der Waals surface area contributed by atoms with Crippen LogP contribution in [0.5, 0.6) is 0 Å². The maximum absolute atomic E-state index is 12.6. The monoisotopic (exact) mass is 380 g/mol. The van der Waals surface area contributed by atoms with E-state index in [4.69, 9.17) is 4.98 Å². The van der Waals surface area contributed by atoms with E-state index in [1.54, 1.807) is 11.3 Å². The van der Waals surface area contributed by atoms with Gasteiger partial charge in [-0.1, -0.05) is 26.8 Å². The lowest BCUT2D eigenvalue weighted by atomic mass is 9.95. The molecule has 5 nitrogen and oxygen atoms in total. The standard InChI is InChI=1S/C21H24N4OS/c1-21(2,3)20-23-17-6-9-25(12-16(17)19(26)24-20)11-14-5-4-8-22-18(14)15-7-10-27-13-15/h4-5,7-8,10,13H,6,9,11-12H2,1-3H3,(H,23,24,26). The van der Waals surface area contributed by atoms with Gasteiger partial charge in [-0.15, -0.1) is 0 Å². The Labute approximate surface area is 163 Å². The van der Waals surface area contributed by atoms with Gasteiger partial charge in [0.25, 0.3) is 5.56 Å². The van der Waals surface area contributed by atoms with Gasteiger partial charge >= 0.3 is 0 Å². The van der Waals surface area contributed by atoms with Crippen molar-refractivity contribution >= 4 is 11.3 Å². The number of nitrogens with one attached hydrogen (secondary N) is 1. The molecular formula is C21H24N4OS. The first kappa shape index (κ1) is 18.1. The van der Waals surface area contributed by atoms with Crippen LogP contribution in [0.15, 0.2) is 40.0 Å². The van der Waals surface area contributed by atoms with Gasteiger partial charge < -0.3 is 4.98 Å². The minimum absolute atomic E-state index is 0.00105. The molecule has 6 heteroatoms. The summed E-state index contributed by atoms with van der Waals surface area (Å²) in [6.07, 6.45) is 2.64. The van der Waals surface area contributed by atoms with E-state index in [1.807, 2.05) is 12.3 Å². The quantitative estimate of drug-likeness (QED) is 0.752. The molecule has 4 rings (SSSR count). The fourth-order valence-corrected chi connectivity index (χ4v) is 4.08. The number of fused-ring (bicyclic) bond motifs is 1.